The molecule has 1 aliphatic carbocycles. The molecule has 23 heavy (non-hydrogen) atoms. The minimum absolute atomic E-state index is 0.0774. The fraction of sp³-hybridized carbons (Fsp3) is 0.632. The Labute approximate surface area is 138 Å². The molecule has 1 aliphatic heterocycles. The zero-order chi connectivity index (χ0) is 16.1. The van der Waals surface area contributed by atoms with Crippen LogP contribution in [0.1, 0.15) is 61.7 Å². The summed E-state index contributed by atoms with van der Waals surface area (Å²) >= 11 is 0. The number of amides is 1. The lowest BCUT2D eigenvalue weighted by Crippen LogP contribution is -3.22. The molecule has 0 aromatic heterocycles. The average Bonchev–Trinajstić information content (AvgIpc) is 2.62. The van der Waals surface area contributed by atoms with Crippen LogP contribution >= 0.6 is 0 Å². The van der Waals surface area contributed by atoms with Gasteiger partial charge in [0.05, 0.1) is 19.6 Å². The Morgan fingerprint density at radius 1 is 1.00 bits per heavy atom. The number of hydrogen-bond donors (Lipinski definition) is 2. The van der Waals surface area contributed by atoms with Crippen LogP contribution in [0.5, 0.6) is 0 Å². The second-order valence-electron chi connectivity index (χ2n) is 7.19. The Morgan fingerprint density at radius 3 is 2.26 bits per heavy atom. The third kappa shape index (κ3) is 3.92. The lowest BCUT2D eigenvalue weighted by Gasteiger charge is -2.45. The Balaban J connectivity index is 1.66. The predicted molar refractivity (Wildman–Crippen MR) is 89.1 cm³/mol. The van der Waals surface area contributed by atoms with Gasteiger partial charge in [0.2, 0.25) is 0 Å². The first-order valence-corrected chi connectivity index (χ1v) is 9.09. The van der Waals surface area contributed by atoms with Gasteiger partial charge in [-0.1, -0.05) is 6.42 Å². The van der Waals surface area contributed by atoms with E-state index >= 15 is 0 Å². The molecule has 4 heteroatoms. The quantitative estimate of drug-likeness (QED) is 0.877. The number of carbonyl (C=O) groups excluding carboxylic acids is 1. The molecule has 126 valence electrons. The molecule has 2 N–H and O–H groups in total. The number of hydrogen-bond acceptors (Lipinski definition) is 1. The van der Waals surface area contributed by atoms with E-state index < -0.39 is 0 Å². The van der Waals surface area contributed by atoms with Crippen molar-refractivity contribution >= 4 is 5.91 Å². The van der Waals surface area contributed by atoms with Crippen molar-refractivity contribution in [3.63, 3.8) is 0 Å². The zero-order valence-corrected chi connectivity index (χ0v) is 13.9. The zero-order valence-electron chi connectivity index (χ0n) is 13.9. The topological polar surface area (TPSA) is 33.5 Å². The number of likely N-dealkylation sites (tertiary alicyclic amines) is 1. The van der Waals surface area contributed by atoms with E-state index in [1.807, 2.05) is 0 Å². The van der Waals surface area contributed by atoms with Gasteiger partial charge in [0, 0.05) is 18.4 Å². The summed E-state index contributed by atoms with van der Waals surface area (Å²) in [6.07, 6.45) is 10.3. The van der Waals surface area contributed by atoms with Crippen molar-refractivity contribution in [1.29, 1.82) is 0 Å². The van der Waals surface area contributed by atoms with E-state index in [1.165, 1.54) is 76.6 Å². The van der Waals surface area contributed by atoms with Gasteiger partial charge >= 0.3 is 0 Å². The van der Waals surface area contributed by atoms with Crippen molar-refractivity contribution in [3.05, 3.63) is 35.6 Å². The van der Waals surface area contributed by atoms with Crippen LogP contribution < -0.4 is 10.2 Å². The lowest BCUT2D eigenvalue weighted by atomic mass is 9.79. The number of nitrogens with one attached hydrogen (secondary N) is 2. The molecule has 0 atom stereocenters. The van der Waals surface area contributed by atoms with Crippen LogP contribution in [0.15, 0.2) is 24.3 Å². The maximum Gasteiger partial charge on any atom is 0.251 e. The molecule has 0 radical (unpaired) electrons. The molecule has 1 aromatic carbocycles. The Bertz CT molecular complexity index is 517. The highest BCUT2D eigenvalue weighted by molar-refractivity contribution is 5.94. The molecule has 2 aliphatic rings. The smallest absolute Gasteiger partial charge is 0.251 e. The molecule has 1 saturated carbocycles. The summed E-state index contributed by atoms with van der Waals surface area (Å²) in [4.78, 5) is 14.1. The summed E-state index contributed by atoms with van der Waals surface area (Å²) in [7, 11) is 0. The second kappa shape index (κ2) is 7.43. The van der Waals surface area contributed by atoms with E-state index in [1.54, 1.807) is 17.0 Å². The molecule has 3 rings (SSSR count). The maximum atomic E-state index is 13.0. The summed E-state index contributed by atoms with van der Waals surface area (Å²) in [6.45, 7) is 3.23. The maximum absolute atomic E-state index is 13.0. The van der Waals surface area contributed by atoms with Gasteiger partial charge < -0.3 is 10.2 Å². The number of carbonyl (C=O) groups is 1. The molecule has 0 unspecified atom stereocenters. The van der Waals surface area contributed by atoms with Gasteiger partial charge in [-0.25, -0.2) is 4.39 Å². The molecule has 2 fully saturated rings. The highest BCUT2D eigenvalue weighted by Gasteiger charge is 2.42. The van der Waals surface area contributed by atoms with Gasteiger partial charge in [-0.05, 0) is 56.4 Å². The van der Waals surface area contributed by atoms with Crippen molar-refractivity contribution in [2.75, 3.05) is 19.6 Å². The van der Waals surface area contributed by atoms with Gasteiger partial charge in [-0.15, -0.1) is 0 Å². The van der Waals surface area contributed by atoms with Crippen molar-refractivity contribution in [2.24, 2.45) is 0 Å². The van der Waals surface area contributed by atoms with Crippen molar-refractivity contribution in [2.45, 2.75) is 56.9 Å². The molecular weight excluding hydrogens is 291 g/mol. The van der Waals surface area contributed by atoms with Crippen LogP contribution in [0.4, 0.5) is 4.39 Å². The van der Waals surface area contributed by atoms with Crippen LogP contribution in [0, 0.1) is 5.82 Å². The highest BCUT2D eigenvalue weighted by atomic mass is 19.1. The Kier molecular flexibility index (Phi) is 5.31. The second-order valence-corrected chi connectivity index (χ2v) is 7.19. The number of rotatable bonds is 4. The monoisotopic (exact) mass is 319 g/mol. The van der Waals surface area contributed by atoms with Gasteiger partial charge in [0.25, 0.3) is 5.91 Å². The number of benzene rings is 1. The first-order chi connectivity index (χ1) is 11.2. The van der Waals surface area contributed by atoms with Crippen molar-refractivity contribution in [1.82, 2.24) is 5.32 Å². The summed E-state index contributed by atoms with van der Waals surface area (Å²) in [6, 6.07) is 5.82. The first kappa shape index (κ1) is 16.4. The molecule has 0 bridgehead atoms. The summed E-state index contributed by atoms with van der Waals surface area (Å²) < 4.78 is 13.0. The SMILES string of the molecule is O=C(NCC1([NH+]2CCCCC2)CCCCC1)c1ccc(F)cc1. The van der Waals surface area contributed by atoms with Gasteiger partial charge in [-0.3, -0.25) is 4.79 Å². The van der Waals surface area contributed by atoms with Crippen LogP contribution in [-0.4, -0.2) is 31.1 Å². The molecule has 1 heterocycles. The minimum atomic E-state index is -0.303. The van der Waals surface area contributed by atoms with E-state index in [9.17, 15) is 9.18 Å². The van der Waals surface area contributed by atoms with Crippen LogP contribution in [0.25, 0.3) is 0 Å². The predicted octanol–water partition coefficient (Wildman–Crippen LogP) is 2.33. The number of halogens is 1. The van der Waals surface area contributed by atoms with Crippen LogP contribution in [-0.2, 0) is 0 Å². The molecular formula is C19H28FN2O+. The van der Waals surface area contributed by atoms with Gasteiger partial charge in [-0.2, -0.15) is 0 Å². The van der Waals surface area contributed by atoms with Crippen LogP contribution in [0.3, 0.4) is 0 Å². The van der Waals surface area contributed by atoms with E-state index in [0.29, 0.717) is 5.56 Å². The van der Waals surface area contributed by atoms with Crippen molar-refractivity contribution < 1.29 is 14.1 Å². The summed E-state index contributed by atoms with van der Waals surface area (Å²) in [5.41, 5.74) is 0.764. The number of quaternary nitrogens is 1. The third-order valence-electron chi connectivity index (χ3n) is 5.71. The van der Waals surface area contributed by atoms with Gasteiger partial charge in [0.1, 0.15) is 11.4 Å². The first-order valence-electron chi connectivity index (χ1n) is 9.09. The molecule has 1 amide bonds. The fourth-order valence-corrected chi connectivity index (χ4v) is 4.35. The average molecular weight is 319 g/mol. The summed E-state index contributed by atoms with van der Waals surface area (Å²) in [5.74, 6) is -0.380. The molecule has 0 spiro atoms. The standard InChI is InChI=1S/C19H27FN2O/c20-17-9-7-16(8-10-17)18(23)21-15-19(11-3-1-4-12-19)22-13-5-2-6-14-22/h7-10H,1-6,11-15H2,(H,21,23)/p+1. The highest BCUT2D eigenvalue weighted by Crippen LogP contribution is 2.26. The Hall–Kier alpha value is -1.42. The minimum Gasteiger partial charge on any atom is -0.346 e. The summed E-state index contributed by atoms with van der Waals surface area (Å²) in [5, 5.41) is 3.14. The largest absolute Gasteiger partial charge is 0.346 e. The number of piperidine rings is 1. The normalized spacial score (nSPS) is 21.8. The van der Waals surface area contributed by atoms with E-state index in [2.05, 4.69) is 5.32 Å². The van der Waals surface area contributed by atoms with Crippen LogP contribution in [0.2, 0.25) is 0 Å². The van der Waals surface area contributed by atoms with Gasteiger partial charge in [0.15, 0.2) is 0 Å². The molecule has 1 saturated heterocycles. The lowest BCUT2D eigenvalue weighted by molar-refractivity contribution is -0.957. The van der Waals surface area contributed by atoms with Crippen molar-refractivity contribution in [3.8, 4) is 0 Å². The van der Waals surface area contributed by atoms with E-state index in [0.717, 1.165) is 6.54 Å². The molecule has 1 aromatic rings. The Morgan fingerprint density at radius 2 is 1.61 bits per heavy atom. The fourth-order valence-electron chi connectivity index (χ4n) is 4.35. The van der Waals surface area contributed by atoms with E-state index in [4.69, 9.17) is 0 Å². The molecule has 3 nitrogen and oxygen atoms in total. The third-order valence-corrected chi connectivity index (χ3v) is 5.71. The van der Waals surface area contributed by atoms with E-state index in [-0.39, 0.29) is 17.3 Å².